The first kappa shape index (κ1) is 15.2. The number of nitrogens with one attached hydrogen (secondary N) is 1. The molecular formula is C12H26N4O2S. The lowest BCUT2D eigenvalue weighted by molar-refractivity contribution is 0.233. The minimum absolute atomic E-state index is 0.0435. The van der Waals surface area contributed by atoms with Crippen molar-refractivity contribution in [3.63, 3.8) is 0 Å². The van der Waals surface area contributed by atoms with E-state index < -0.39 is 10.2 Å². The Hall–Kier alpha value is -0.210. The van der Waals surface area contributed by atoms with Crippen LogP contribution in [0.15, 0.2) is 0 Å². The van der Waals surface area contributed by atoms with E-state index in [1.165, 1.54) is 0 Å². The smallest absolute Gasteiger partial charge is 0.279 e. The van der Waals surface area contributed by atoms with Gasteiger partial charge in [0.1, 0.15) is 0 Å². The van der Waals surface area contributed by atoms with Crippen molar-refractivity contribution in [3.8, 4) is 0 Å². The Bertz CT molecular complexity index is 387. The third-order valence-electron chi connectivity index (χ3n) is 4.10. The predicted molar refractivity (Wildman–Crippen MR) is 75.9 cm³/mol. The maximum absolute atomic E-state index is 12.4. The Kier molecular flexibility index (Phi) is 5.19. The molecule has 2 aliphatic rings. The molecule has 2 unspecified atom stereocenters. The maximum atomic E-state index is 12.4. The number of hydrogen-bond donors (Lipinski definition) is 2. The van der Waals surface area contributed by atoms with Crippen LogP contribution >= 0.6 is 0 Å². The van der Waals surface area contributed by atoms with Gasteiger partial charge in [0.05, 0.1) is 0 Å². The lowest BCUT2D eigenvalue weighted by Crippen LogP contribution is -2.53. The van der Waals surface area contributed by atoms with Gasteiger partial charge in [-0.05, 0) is 51.7 Å². The molecule has 0 aliphatic carbocycles. The molecule has 2 aliphatic heterocycles. The Balaban J connectivity index is 1.93. The molecule has 2 rings (SSSR count). The van der Waals surface area contributed by atoms with Gasteiger partial charge in [-0.3, -0.25) is 0 Å². The Morgan fingerprint density at radius 1 is 1.21 bits per heavy atom. The first-order valence-corrected chi connectivity index (χ1v) is 8.61. The van der Waals surface area contributed by atoms with E-state index in [4.69, 9.17) is 5.73 Å². The first-order valence-electron chi connectivity index (χ1n) is 7.17. The van der Waals surface area contributed by atoms with Crippen LogP contribution in [0.3, 0.4) is 0 Å². The van der Waals surface area contributed by atoms with Crippen molar-refractivity contribution in [2.75, 3.05) is 39.8 Å². The molecule has 0 spiro atoms. The number of likely N-dealkylation sites (N-methyl/N-ethyl adjacent to an activating group) is 1. The molecule has 3 N–H and O–H groups in total. The molecule has 112 valence electrons. The van der Waals surface area contributed by atoms with Crippen molar-refractivity contribution in [2.45, 2.75) is 31.7 Å². The molecule has 2 fully saturated rings. The van der Waals surface area contributed by atoms with E-state index in [9.17, 15) is 8.42 Å². The predicted octanol–water partition coefficient (Wildman–Crippen LogP) is -0.414. The zero-order valence-corrected chi connectivity index (χ0v) is 12.5. The third kappa shape index (κ3) is 4.13. The normalized spacial score (nSPS) is 31.5. The van der Waals surface area contributed by atoms with Crippen LogP contribution in [0.25, 0.3) is 0 Å². The van der Waals surface area contributed by atoms with E-state index in [0.717, 1.165) is 38.8 Å². The zero-order chi connectivity index (χ0) is 13.9. The highest BCUT2D eigenvalue weighted by molar-refractivity contribution is 7.87. The van der Waals surface area contributed by atoms with Crippen LogP contribution in [0.4, 0.5) is 0 Å². The summed E-state index contributed by atoms with van der Waals surface area (Å²) in [5.41, 5.74) is 5.66. The summed E-state index contributed by atoms with van der Waals surface area (Å²) < 4.78 is 29.2. The van der Waals surface area contributed by atoms with E-state index in [1.54, 1.807) is 4.31 Å². The van der Waals surface area contributed by atoms with E-state index in [2.05, 4.69) is 9.62 Å². The molecule has 0 aromatic heterocycles. The fourth-order valence-corrected chi connectivity index (χ4v) is 4.52. The molecule has 2 heterocycles. The Morgan fingerprint density at radius 3 is 2.63 bits per heavy atom. The summed E-state index contributed by atoms with van der Waals surface area (Å²) in [6, 6.07) is 0.0435. The number of piperidine rings is 2. The summed E-state index contributed by atoms with van der Waals surface area (Å²) in [7, 11) is -1.31. The highest BCUT2D eigenvalue weighted by Gasteiger charge is 2.31. The molecule has 6 nitrogen and oxygen atoms in total. The van der Waals surface area contributed by atoms with Crippen LogP contribution < -0.4 is 10.5 Å². The zero-order valence-electron chi connectivity index (χ0n) is 11.7. The lowest BCUT2D eigenvalue weighted by atomic mass is 10.0. The third-order valence-corrected chi connectivity index (χ3v) is 5.74. The number of hydrogen-bond acceptors (Lipinski definition) is 4. The fourth-order valence-electron chi connectivity index (χ4n) is 2.99. The molecule has 0 saturated carbocycles. The number of rotatable bonds is 4. The summed E-state index contributed by atoms with van der Waals surface area (Å²) in [5, 5.41) is 0. The monoisotopic (exact) mass is 290 g/mol. The summed E-state index contributed by atoms with van der Waals surface area (Å²) >= 11 is 0. The van der Waals surface area contributed by atoms with E-state index in [0.29, 0.717) is 25.6 Å². The average molecular weight is 290 g/mol. The summed E-state index contributed by atoms with van der Waals surface area (Å²) in [6.07, 6.45) is 3.93. The van der Waals surface area contributed by atoms with E-state index in [1.807, 2.05) is 7.05 Å². The van der Waals surface area contributed by atoms with Crippen molar-refractivity contribution >= 4 is 10.2 Å². The van der Waals surface area contributed by atoms with Gasteiger partial charge in [0.2, 0.25) is 0 Å². The van der Waals surface area contributed by atoms with Gasteiger partial charge in [-0.2, -0.15) is 17.4 Å². The first-order chi connectivity index (χ1) is 9.01. The molecule has 0 aromatic rings. The van der Waals surface area contributed by atoms with Crippen LogP contribution in [0.5, 0.6) is 0 Å². The number of nitrogens with two attached hydrogens (primary N) is 1. The average Bonchev–Trinajstić information content (AvgIpc) is 2.38. The summed E-state index contributed by atoms with van der Waals surface area (Å²) in [5.74, 6) is 0.305. The van der Waals surface area contributed by atoms with Gasteiger partial charge >= 0.3 is 0 Å². The van der Waals surface area contributed by atoms with Gasteiger partial charge in [-0.1, -0.05) is 0 Å². The van der Waals surface area contributed by atoms with Crippen molar-refractivity contribution < 1.29 is 8.42 Å². The molecule has 2 atom stereocenters. The molecule has 7 heteroatoms. The maximum Gasteiger partial charge on any atom is 0.279 e. The van der Waals surface area contributed by atoms with Crippen LogP contribution in [0, 0.1) is 5.92 Å². The topological polar surface area (TPSA) is 78.7 Å². The van der Waals surface area contributed by atoms with Gasteiger partial charge in [-0.15, -0.1) is 0 Å². The SMILES string of the molecule is CN1CCCC(NS(=O)(=O)N2CCCC(CN)C2)C1. The quantitative estimate of drug-likeness (QED) is 0.737. The molecule has 0 amide bonds. The summed E-state index contributed by atoms with van der Waals surface area (Å²) in [4.78, 5) is 2.18. The van der Waals surface area contributed by atoms with Crippen molar-refractivity contribution in [1.82, 2.24) is 13.9 Å². The minimum atomic E-state index is -3.35. The van der Waals surface area contributed by atoms with Gasteiger partial charge < -0.3 is 10.6 Å². The van der Waals surface area contributed by atoms with Gasteiger partial charge in [0.15, 0.2) is 0 Å². The van der Waals surface area contributed by atoms with Crippen LogP contribution in [0.1, 0.15) is 25.7 Å². The largest absolute Gasteiger partial charge is 0.330 e. The molecule has 19 heavy (non-hydrogen) atoms. The summed E-state index contributed by atoms with van der Waals surface area (Å²) in [6.45, 7) is 3.60. The second-order valence-electron chi connectivity index (χ2n) is 5.83. The lowest BCUT2D eigenvalue weighted by Gasteiger charge is -2.35. The van der Waals surface area contributed by atoms with Gasteiger partial charge in [-0.25, -0.2) is 0 Å². The van der Waals surface area contributed by atoms with E-state index in [-0.39, 0.29) is 6.04 Å². The highest BCUT2D eigenvalue weighted by atomic mass is 32.2. The minimum Gasteiger partial charge on any atom is -0.330 e. The molecular weight excluding hydrogens is 264 g/mol. The number of nitrogens with zero attached hydrogens (tertiary/aromatic N) is 2. The second-order valence-corrected chi connectivity index (χ2v) is 7.53. The fraction of sp³-hybridized carbons (Fsp3) is 1.00. The molecule has 0 radical (unpaired) electrons. The Labute approximate surface area is 116 Å². The van der Waals surface area contributed by atoms with Gasteiger partial charge in [0.25, 0.3) is 10.2 Å². The van der Waals surface area contributed by atoms with Crippen molar-refractivity contribution in [3.05, 3.63) is 0 Å². The highest BCUT2D eigenvalue weighted by Crippen LogP contribution is 2.18. The van der Waals surface area contributed by atoms with Crippen LogP contribution in [-0.2, 0) is 10.2 Å². The molecule has 0 bridgehead atoms. The standard InChI is InChI=1S/C12H26N4O2S/c1-15-6-3-5-12(10-15)14-19(17,18)16-7-2-4-11(8-13)9-16/h11-12,14H,2-10,13H2,1H3. The molecule has 2 saturated heterocycles. The van der Waals surface area contributed by atoms with Crippen molar-refractivity contribution in [1.29, 1.82) is 0 Å². The van der Waals surface area contributed by atoms with Crippen LogP contribution in [0.2, 0.25) is 0 Å². The number of likely N-dealkylation sites (tertiary alicyclic amines) is 1. The Morgan fingerprint density at radius 2 is 1.95 bits per heavy atom. The molecule has 0 aromatic carbocycles. The van der Waals surface area contributed by atoms with Gasteiger partial charge in [0, 0.05) is 25.7 Å². The van der Waals surface area contributed by atoms with Crippen molar-refractivity contribution in [2.24, 2.45) is 11.7 Å². The van der Waals surface area contributed by atoms with E-state index >= 15 is 0 Å². The van der Waals surface area contributed by atoms with Crippen LogP contribution in [-0.4, -0.2) is 63.4 Å². The second kappa shape index (κ2) is 6.49.